The van der Waals surface area contributed by atoms with Gasteiger partial charge in [-0.2, -0.15) is 4.98 Å². The number of anilines is 3. The van der Waals surface area contributed by atoms with Crippen LogP contribution in [-0.4, -0.2) is 75.4 Å². The Kier molecular flexibility index (Phi) is 7.08. The average Bonchev–Trinajstić information content (AvgIpc) is 3.41. The highest BCUT2D eigenvalue weighted by atomic mass is 16.3. The van der Waals surface area contributed by atoms with Crippen molar-refractivity contribution in [2.75, 3.05) is 54.0 Å². The van der Waals surface area contributed by atoms with Crippen LogP contribution in [0.3, 0.4) is 0 Å². The molecule has 0 bridgehead atoms. The topological polar surface area (TPSA) is 94.4 Å². The maximum absolute atomic E-state index is 9.79. The molecule has 1 N–H and O–H groups in total. The third kappa shape index (κ3) is 5.73. The largest absolute Gasteiger partial charge is 0.391 e. The lowest BCUT2D eigenvalue weighted by molar-refractivity contribution is 0.198. The summed E-state index contributed by atoms with van der Waals surface area (Å²) in [6.45, 7) is 4.83. The maximum atomic E-state index is 9.79. The zero-order chi connectivity index (χ0) is 25.7. The molecule has 2 aliphatic heterocycles. The molecule has 2 aromatic carbocycles. The molecule has 9 heteroatoms. The zero-order valence-electron chi connectivity index (χ0n) is 21.4. The van der Waals surface area contributed by atoms with Gasteiger partial charge in [0.05, 0.1) is 6.10 Å². The van der Waals surface area contributed by atoms with Crippen LogP contribution in [0.15, 0.2) is 73.3 Å². The Morgan fingerprint density at radius 2 is 1.34 bits per heavy atom. The summed E-state index contributed by atoms with van der Waals surface area (Å²) >= 11 is 0. The van der Waals surface area contributed by atoms with Crippen LogP contribution in [-0.2, 0) is 12.8 Å². The van der Waals surface area contributed by atoms with E-state index in [9.17, 15) is 5.11 Å². The SMILES string of the molecule is O[C@H]1CCN(c2ccc(Cc3ncnc(N4CCN(c5ncc(Cc6ccccc6)cn5)CC4)n3)cc2)C1. The second kappa shape index (κ2) is 11.1. The smallest absolute Gasteiger partial charge is 0.228 e. The van der Waals surface area contributed by atoms with E-state index in [0.717, 1.165) is 80.1 Å². The van der Waals surface area contributed by atoms with Gasteiger partial charge in [0.25, 0.3) is 0 Å². The molecule has 6 rings (SSSR count). The number of aliphatic hydroxyl groups is 1. The van der Waals surface area contributed by atoms with E-state index in [4.69, 9.17) is 4.98 Å². The van der Waals surface area contributed by atoms with Gasteiger partial charge in [0, 0.05) is 70.2 Å². The van der Waals surface area contributed by atoms with Crippen LogP contribution >= 0.6 is 0 Å². The second-order valence-corrected chi connectivity index (χ2v) is 9.96. The molecule has 0 aliphatic carbocycles. The number of piperazine rings is 1. The van der Waals surface area contributed by atoms with E-state index in [1.165, 1.54) is 5.56 Å². The van der Waals surface area contributed by atoms with E-state index in [2.05, 4.69) is 83.2 Å². The fourth-order valence-electron chi connectivity index (χ4n) is 5.08. The van der Waals surface area contributed by atoms with Crippen molar-refractivity contribution in [3.63, 3.8) is 0 Å². The third-order valence-corrected chi connectivity index (χ3v) is 7.22. The lowest BCUT2D eigenvalue weighted by atomic mass is 10.1. The number of hydrogen-bond acceptors (Lipinski definition) is 9. The van der Waals surface area contributed by atoms with Crippen molar-refractivity contribution in [2.24, 2.45) is 0 Å². The predicted molar refractivity (Wildman–Crippen MR) is 148 cm³/mol. The molecule has 4 heterocycles. The van der Waals surface area contributed by atoms with Crippen LogP contribution in [0.2, 0.25) is 0 Å². The van der Waals surface area contributed by atoms with Crippen LogP contribution < -0.4 is 14.7 Å². The summed E-state index contributed by atoms with van der Waals surface area (Å²) in [5, 5.41) is 9.79. The van der Waals surface area contributed by atoms with Gasteiger partial charge in [-0.15, -0.1) is 0 Å². The zero-order valence-corrected chi connectivity index (χ0v) is 21.4. The Morgan fingerprint density at radius 1 is 0.658 bits per heavy atom. The number of aliphatic hydroxyl groups excluding tert-OH is 1. The van der Waals surface area contributed by atoms with Crippen LogP contribution in [0.1, 0.15) is 28.9 Å². The minimum absolute atomic E-state index is 0.224. The molecule has 1 atom stereocenters. The summed E-state index contributed by atoms with van der Waals surface area (Å²) in [6, 6.07) is 18.9. The molecule has 194 valence electrons. The minimum Gasteiger partial charge on any atom is -0.391 e. The molecule has 0 unspecified atom stereocenters. The number of benzene rings is 2. The molecule has 9 nitrogen and oxygen atoms in total. The van der Waals surface area contributed by atoms with Crippen molar-refractivity contribution in [3.8, 4) is 0 Å². The molecule has 0 amide bonds. The Morgan fingerprint density at radius 3 is 2.03 bits per heavy atom. The van der Waals surface area contributed by atoms with Crippen LogP contribution in [0.25, 0.3) is 0 Å². The van der Waals surface area contributed by atoms with E-state index in [1.807, 2.05) is 18.5 Å². The molecular weight excluding hydrogens is 476 g/mol. The average molecular weight is 509 g/mol. The summed E-state index contributed by atoms with van der Waals surface area (Å²) in [4.78, 5) is 29.5. The first kappa shape index (κ1) is 24.2. The number of aromatic nitrogens is 5. The molecule has 4 aromatic rings. The first-order valence-corrected chi connectivity index (χ1v) is 13.2. The Hall–Kier alpha value is -4.11. The minimum atomic E-state index is -0.224. The van der Waals surface area contributed by atoms with Gasteiger partial charge in [-0.05, 0) is 35.2 Å². The van der Waals surface area contributed by atoms with Crippen molar-refractivity contribution in [2.45, 2.75) is 25.4 Å². The normalized spacial score (nSPS) is 17.7. The van der Waals surface area contributed by atoms with Gasteiger partial charge in [0.2, 0.25) is 11.9 Å². The first-order chi connectivity index (χ1) is 18.7. The molecule has 2 saturated heterocycles. The van der Waals surface area contributed by atoms with Crippen LogP contribution in [0, 0.1) is 0 Å². The third-order valence-electron chi connectivity index (χ3n) is 7.22. The number of rotatable bonds is 7. The fraction of sp³-hybridized carbons (Fsp3) is 0.345. The summed E-state index contributed by atoms with van der Waals surface area (Å²) in [7, 11) is 0. The summed E-state index contributed by atoms with van der Waals surface area (Å²) < 4.78 is 0. The Balaban J connectivity index is 1.03. The lowest BCUT2D eigenvalue weighted by Crippen LogP contribution is -2.47. The van der Waals surface area contributed by atoms with E-state index in [-0.39, 0.29) is 6.10 Å². The van der Waals surface area contributed by atoms with Crippen molar-refractivity contribution in [3.05, 3.63) is 95.8 Å². The van der Waals surface area contributed by atoms with E-state index in [1.54, 1.807) is 6.33 Å². The first-order valence-electron chi connectivity index (χ1n) is 13.2. The van der Waals surface area contributed by atoms with E-state index in [0.29, 0.717) is 13.0 Å². The molecule has 0 spiro atoms. The molecule has 0 radical (unpaired) electrons. The molecular formula is C29H32N8O. The molecule has 2 aromatic heterocycles. The van der Waals surface area contributed by atoms with E-state index < -0.39 is 0 Å². The highest BCUT2D eigenvalue weighted by Crippen LogP contribution is 2.22. The van der Waals surface area contributed by atoms with Crippen LogP contribution in [0.5, 0.6) is 0 Å². The number of nitrogens with zero attached hydrogens (tertiary/aromatic N) is 8. The molecule has 0 saturated carbocycles. The Labute approximate surface area is 222 Å². The van der Waals surface area contributed by atoms with Crippen LogP contribution in [0.4, 0.5) is 17.6 Å². The van der Waals surface area contributed by atoms with Gasteiger partial charge in [0.15, 0.2) is 0 Å². The lowest BCUT2D eigenvalue weighted by Gasteiger charge is -2.34. The van der Waals surface area contributed by atoms with E-state index >= 15 is 0 Å². The summed E-state index contributed by atoms with van der Waals surface area (Å²) in [5.41, 5.74) is 4.67. The second-order valence-electron chi connectivity index (χ2n) is 9.96. The Bertz CT molecular complexity index is 1330. The summed E-state index contributed by atoms with van der Waals surface area (Å²) in [5.74, 6) is 2.25. The molecule has 2 aliphatic rings. The highest BCUT2D eigenvalue weighted by molar-refractivity contribution is 5.49. The molecule has 38 heavy (non-hydrogen) atoms. The van der Waals surface area contributed by atoms with Crippen molar-refractivity contribution in [1.29, 1.82) is 0 Å². The van der Waals surface area contributed by atoms with Gasteiger partial charge in [-0.25, -0.2) is 19.9 Å². The van der Waals surface area contributed by atoms with Crippen molar-refractivity contribution in [1.82, 2.24) is 24.9 Å². The summed E-state index contributed by atoms with van der Waals surface area (Å²) in [6.07, 6.45) is 7.57. The van der Waals surface area contributed by atoms with Crippen molar-refractivity contribution < 1.29 is 5.11 Å². The van der Waals surface area contributed by atoms with Gasteiger partial charge in [-0.3, -0.25) is 0 Å². The number of hydrogen-bond donors (Lipinski definition) is 1. The molecule has 2 fully saturated rings. The standard InChI is InChI=1S/C29H32N8O/c38-26-10-11-37(20-26)25-8-6-23(7-9-25)17-27-32-21-33-29(34-27)36-14-12-35(13-15-36)28-30-18-24(19-31-28)16-22-4-2-1-3-5-22/h1-9,18-19,21,26,38H,10-17,20H2/t26-/m0/s1. The monoisotopic (exact) mass is 508 g/mol. The number of β-amino-alcohol motifs (C(OH)–C–C–N with tert-alkyl or cyclic N) is 1. The quantitative estimate of drug-likeness (QED) is 0.404. The predicted octanol–water partition coefficient (Wildman–Crippen LogP) is 2.74. The van der Waals surface area contributed by atoms with Crippen molar-refractivity contribution >= 4 is 17.6 Å². The van der Waals surface area contributed by atoms with Gasteiger partial charge < -0.3 is 19.8 Å². The highest BCUT2D eigenvalue weighted by Gasteiger charge is 2.22. The van der Waals surface area contributed by atoms with Gasteiger partial charge >= 0.3 is 0 Å². The maximum Gasteiger partial charge on any atom is 0.228 e. The fourth-order valence-corrected chi connectivity index (χ4v) is 5.08. The van der Waals surface area contributed by atoms with Gasteiger partial charge in [-0.1, -0.05) is 42.5 Å². The van der Waals surface area contributed by atoms with Gasteiger partial charge in [0.1, 0.15) is 12.2 Å².